The molecule has 2 saturated carbocycles. The van der Waals surface area contributed by atoms with Crippen LogP contribution in [0.25, 0.3) is 0 Å². The Morgan fingerprint density at radius 2 is 2.29 bits per heavy atom. The molecule has 0 unspecified atom stereocenters. The zero-order chi connectivity index (χ0) is 10.6. The van der Waals surface area contributed by atoms with Gasteiger partial charge in [-0.15, -0.1) is 0 Å². The summed E-state index contributed by atoms with van der Waals surface area (Å²) in [5.41, 5.74) is 0.575. The van der Waals surface area contributed by atoms with Crippen molar-refractivity contribution in [1.29, 1.82) is 0 Å². The second kappa shape index (κ2) is 2.84. The molecule has 2 atom stereocenters. The molecule has 3 heteroatoms. The van der Waals surface area contributed by atoms with Gasteiger partial charge < -0.3 is 5.11 Å². The van der Waals surface area contributed by atoms with Gasteiger partial charge in [-0.05, 0) is 41.2 Å². The van der Waals surface area contributed by atoms with Crippen molar-refractivity contribution in [3.63, 3.8) is 0 Å². The van der Waals surface area contributed by atoms with E-state index in [-0.39, 0.29) is 5.41 Å². The van der Waals surface area contributed by atoms with Gasteiger partial charge in [-0.1, -0.05) is 29.8 Å². The molecule has 0 heterocycles. The first-order valence-corrected chi connectivity index (χ1v) is 5.91. The fourth-order valence-electron chi connectivity index (χ4n) is 3.30. The number of halogens is 1. The molecule has 14 heavy (non-hydrogen) atoms. The van der Waals surface area contributed by atoms with Gasteiger partial charge in [-0.25, -0.2) is 0 Å². The largest absolute Gasteiger partial charge is 0.481 e. The standard InChI is InChI=1S/C11H15BrO2/c1-10(2)7-3-4-11(5-7,9(13)14)8(10)6-12/h6-7H,3-5H2,1-2H3,(H,13,14)/t7-,11-/m0/s1. The SMILES string of the molecule is CC1(C)C(=CBr)[C@]2(C(=O)O)CC[C@H]1C2. The number of carboxylic acid groups (broad SMARTS) is 1. The normalized spacial score (nSPS) is 41.9. The summed E-state index contributed by atoms with van der Waals surface area (Å²) in [5.74, 6) is -0.0984. The third-order valence-electron chi connectivity index (χ3n) is 4.26. The Hall–Kier alpha value is -0.310. The predicted molar refractivity (Wildman–Crippen MR) is 58.2 cm³/mol. The van der Waals surface area contributed by atoms with Crippen LogP contribution in [-0.2, 0) is 4.79 Å². The van der Waals surface area contributed by atoms with Gasteiger partial charge in [-0.2, -0.15) is 0 Å². The molecule has 2 bridgehead atoms. The molecule has 1 N–H and O–H groups in total. The Balaban J connectivity index is 2.52. The number of carboxylic acids is 1. The van der Waals surface area contributed by atoms with Crippen LogP contribution < -0.4 is 0 Å². The number of hydrogen-bond donors (Lipinski definition) is 1. The van der Waals surface area contributed by atoms with Crippen LogP contribution in [0.5, 0.6) is 0 Å². The Morgan fingerprint density at radius 3 is 2.71 bits per heavy atom. The van der Waals surface area contributed by atoms with Gasteiger partial charge in [0.05, 0.1) is 5.41 Å². The van der Waals surface area contributed by atoms with Crippen molar-refractivity contribution in [1.82, 2.24) is 0 Å². The second-order valence-corrected chi connectivity index (χ2v) is 5.53. The van der Waals surface area contributed by atoms with Crippen molar-refractivity contribution >= 4 is 21.9 Å². The van der Waals surface area contributed by atoms with E-state index < -0.39 is 11.4 Å². The molecule has 0 aromatic carbocycles. The lowest BCUT2D eigenvalue weighted by atomic mass is 9.68. The maximum absolute atomic E-state index is 11.4. The first-order valence-electron chi connectivity index (χ1n) is 5.00. The molecule has 2 aliphatic carbocycles. The molecular formula is C11H15BrO2. The average molecular weight is 259 g/mol. The predicted octanol–water partition coefficient (Wildman–Crippen LogP) is 3.18. The number of carbonyl (C=O) groups is 1. The molecule has 0 amide bonds. The first kappa shape index (κ1) is 10.2. The van der Waals surface area contributed by atoms with Crippen LogP contribution in [0.15, 0.2) is 10.6 Å². The zero-order valence-corrected chi connectivity index (χ0v) is 10.1. The molecule has 0 aromatic heterocycles. The van der Waals surface area contributed by atoms with E-state index >= 15 is 0 Å². The van der Waals surface area contributed by atoms with Crippen molar-refractivity contribution in [2.24, 2.45) is 16.7 Å². The van der Waals surface area contributed by atoms with E-state index in [4.69, 9.17) is 0 Å². The van der Waals surface area contributed by atoms with Crippen LogP contribution in [0.2, 0.25) is 0 Å². The van der Waals surface area contributed by atoms with E-state index in [9.17, 15) is 9.90 Å². The maximum Gasteiger partial charge on any atom is 0.313 e. The van der Waals surface area contributed by atoms with Crippen molar-refractivity contribution in [2.45, 2.75) is 33.1 Å². The number of fused-ring (bicyclic) bond motifs is 2. The van der Waals surface area contributed by atoms with Crippen LogP contribution in [0.1, 0.15) is 33.1 Å². The van der Waals surface area contributed by atoms with Gasteiger partial charge in [0.1, 0.15) is 0 Å². The maximum atomic E-state index is 11.4. The molecule has 2 rings (SSSR count). The van der Waals surface area contributed by atoms with Crippen molar-refractivity contribution in [2.75, 3.05) is 0 Å². The van der Waals surface area contributed by atoms with Gasteiger partial charge in [-0.3, -0.25) is 4.79 Å². The topological polar surface area (TPSA) is 37.3 Å². The lowest BCUT2D eigenvalue weighted by molar-refractivity contribution is -0.146. The third kappa shape index (κ3) is 0.992. The Morgan fingerprint density at radius 1 is 1.64 bits per heavy atom. The number of rotatable bonds is 1. The molecule has 2 aliphatic rings. The summed E-state index contributed by atoms with van der Waals surface area (Å²) in [4.78, 5) is 13.2. The molecule has 0 saturated heterocycles. The Kier molecular flexibility index (Phi) is 2.08. The molecule has 0 aliphatic heterocycles. The summed E-state index contributed by atoms with van der Waals surface area (Å²) in [6.07, 6.45) is 2.70. The van der Waals surface area contributed by atoms with Gasteiger partial charge >= 0.3 is 5.97 Å². The molecule has 2 nitrogen and oxygen atoms in total. The lowest BCUT2D eigenvalue weighted by Gasteiger charge is -2.36. The lowest BCUT2D eigenvalue weighted by Crippen LogP contribution is -2.33. The number of hydrogen-bond acceptors (Lipinski definition) is 1. The van der Waals surface area contributed by atoms with E-state index in [0.29, 0.717) is 5.92 Å². The van der Waals surface area contributed by atoms with E-state index in [2.05, 4.69) is 29.8 Å². The van der Waals surface area contributed by atoms with Crippen LogP contribution in [0.4, 0.5) is 0 Å². The average Bonchev–Trinajstić information content (AvgIpc) is 2.58. The highest BCUT2D eigenvalue weighted by Crippen LogP contribution is 2.66. The molecular weight excluding hydrogens is 244 g/mol. The Labute approximate surface area is 92.5 Å². The van der Waals surface area contributed by atoms with E-state index in [1.54, 1.807) is 0 Å². The van der Waals surface area contributed by atoms with Crippen LogP contribution in [0, 0.1) is 16.7 Å². The minimum Gasteiger partial charge on any atom is -0.481 e. The fourth-order valence-corrected chi connectivity index (χ4v) is 4.33. The van der Waals surface area contributed by atoms with E-state index in [1.165, 1.54) is 0 Å². The van der Waals surface area contributed by atoms with Crippen LogP contribution in [0.3, 0.4) is 0 Å². The van der Waals surface area contributed by atoms with Gasteiger partial charge in [0.25, 0.3) is 0 Å². The third-order valence-corrected chi connectivity index (χ3v) is 4.72. The summed E-state index contributed by atoms with van der Waals surface area (Å²) in [6.45, 7) is 4.32. The fraction of sp³-hybridized carbons (Fsp3) is 0.727. The molecule has 2 fully saturated rings. The molecule has 0 spiro atoms. The summed E-state index contributed by atoms with van der Waals surface area (Å²) in [5, 5.41) is 9.36. The minimum absolute atomic E-state index is 0.0557. The zero-order valence-electron chi connectivity index (χ0n) is 8.51. The highest BCUT2D eigenvalue weighted by atomic mass is 79.9. The number of aliphatic carboxylic acids is 1. The van der Waals surface area contributed by atoms with Gasteiger partial charge in [0.2, 0.25) is 0 Å². The van der Waals surface area contributed by atoms with Gasteiger partial charge in [0.15, 0.2) is 0 Å². The summed E-state index contributed by atoms with van der Waals surface area (Å²) in [7, 11) is 0. The van der Waals surface area contributed by atoms with Crippen LogP contribution >= 0.6 is 15.9 Å². The van der Waals surface area contributed by atoms with Gasteiger partial charge in [0, 0.05) is 0 Å². The second-order valence-electron chi connectivity index (χ2n) is 5.07. The summed E-state index contributed by atoms with van der Waals surface area (Å²) in [6, 6.07) is 0. The van der Waals surface area contributed by atoms with Crippen molar-refractivity contribution in [3.05, 3.63) is 10.6 Å². The highest BCUT2D eigenvalue weighted by molar-refractivity contribution is 9.11. The first-order chi connectivity index (χ1) is 6.45. The van der Waals surface area contributed by atoms with Crippen molar-refractivity contribution < 1.29 is 9.90 Å². The van der Waals surface area contributed by atoms with Crippen molar-refractivity contribution in [3.8, 4) is 0 Å². The monoisotopic (exact) mass is 258 g/mol. The summed E-state index contributed by atoms with van der Waals surface area (Å²) >= 11 is 3.33. The minimum atomic E-state index is -0.642. The Bertz CT molecular complexity index is 319. The molecule has 0 radical (unpaired) electrons. The van der Waals surface area contributed by atoms with Crippen LogP contribution in [-0.4, -0.2) is 11.1 Å². The highest BCUT2D eigenvalue weighted by Gasteiger charge is 2.61. The van der Waals surface area contributed by atoms with E-state index in [0.717, 1.165) is 24.8 Å². The molecule has 0 aromatic rings. The summed E-state index contributed by atoms with van der Waals surface area (Å²) < 4.78 is 0. The molecule has 78 valence electrons. The smallest absolute Gasteiger partial charge is 0.313 e. The van der Waals surface area contributed by atoms with E-state index in [1.807, 2.05) is 4.99 Å². The quantitative estimate of drug-likeness (QED) is 0.785.